The predicted molar refractivity (Wildman–Crippen MR) is 89.7 cm³/mol. The molecule has 1 saturated carbocycles. The maximum atomic E-state index is 5.45. The Morgan fingerprint density at radius 1 is 1.10 bits per heavy atom. The standard InChI is InChI=1S/C18H20BrNO/c1-21-18-5-3-2-4-17(18)14-10-16(11-14)20-12-13-6-8-15(19)9-7-13/h2-9,14,16,20H,10-12H2,1H3. The van der Waals surface area contributed by atoms with Crippen LogP contribution in [0, 0.1) is 0 Å². The van der Waals surface area contributed by atoms with E-state index in [-0.39, 0.29) is 0 Å². The average Bonchev–Trinajstić information content (AvgIpc) is 2.48. The van der Waals surface area contributed by atoms with Gasteiger partial charge in [0.15, 0.2) is 0 Å². The smallest absolute Gasteiger partial charge is 0.122 e. The van der Waals surface area contributed by atoms with Gasteiger partial charge in [0.25, 0.3) is 0 Å². The fraction of sp³-hybridized carbons (Fsp3) is 0.333. The van der Waals surface area contributed by atoms with E-state index in [1.54, 1.807) is 7.11 Å². The predicted octanol–water partition coefficient (Wildman–Crippen LogP) is 4.49. The lowest BCUT2D eigenvalue weighted by molar-refractivity contribution is 0.282. The number of methoxy groups -OCH3 is 1. The van der Waals surface area contributed by atoms with Gasteiger partial charge in [-0.1, -0.05) is 46.3 Å². The Bertz CT molecular complexity index is 590. The quantitative estimate of drug-likeness (QED) is 0.861. The number of rotatable bonds is 5. The maximum Gasteiger partial charge on any atom is 0.122 e. The molecule has 2 aromatic carbocycles. The van der Waals surface area contributed by atoms with Crippen molar-refractivity contribution in [1.29, 1.82) is 0 Å². The summed E-state index contributed by atoms with van der Waals surface area (Å²) < 4.78 is 6.58. The van der Waals surface area contributed by atoms with Crippen molar-refractivity contribution >= 4 is 15.9 Å². The maximum absolute atomic E-state index is 5.45. The molecule has 0 aliphatic heterocycles. The first kappa shape index (κ1) is 14.6. The summed E-state index contributed by atoms with van der Waals surface area (Å²) in [4.78, 5) is 0. The molecule has 1 N–H and O–H groups in total. The molecule has 1 aliphatic carbocycles. The van der Waals surface area contributed by atoms with Gasteiger partial charge in [-0.15, -0.1) is 0 Å². The second-order valence-corrected chi connectivity index (χ2v) is 6.53. The summed E-state index contributed by atoms with van der Waals surface area (Å²) in [5.74, 6) is 1.65. The fourth-order valence-corrected chi connectivity index (χ4v) is 3.17. The minimum atomic E-state index is 0.614. The van der Waals surface area contributed by atoms with Gasteiger partial charge in [0, 0.05) is 17.1 Å². The molecule has 0 amide bonds. The number of halogens is 1. The van der Waals surface area contributed by atoms with E-state index < -0.39 is 0 Å². The minimum absolute atomic E-state index is 0.614. The van der Waals surface area contributed by atoms with Gasteiger partial charge in [-0.3, -0.25) is 0 Å². The zero-order valence-corrected chi connectivity index (χ0v) is 13.8. The third-order valence-corrected chi connectivity index (χ3v) is 4.75. The van der Waals surface area contributed by atoms with Crippen LogP contribution in [-0.2, 0) is 6.54 Å². The zero-order chi connectivity index (χ0) is 14.7. The lowest BCUT2D eigenvalue weighted by Gasteiger charge is -2.37. The molecule has 1 fully saturated rings. The Hall–Kier alpha value is -1.32. The summed E-state index contributed by atoms with van der Waals surface area (Å²) in [7, 11) is 1.75. The van der Waals surface area contributed by atoms with E-state index in [9.17, 15) is 0 Å². The van der Waals surface area contributed by atoms with E-state index >= 15 is 0 Å². The average molecular weight is 346 g/mol. The molecule has 2 nitrogen and oxygen atoms in total. The van der Waals surface area contributed by atoms with Gasteiger partial charge < -0.3 is 10.1 Å². The molecular weight excluding hydrogens is 326 g/mol. The molecule has 0 saturated heterocycles. The minimum Gasteiger partial charge on any atom is -0.496 e. The van der Waals surface area contributed by atoms with Crippen molar-refractivity contribution in [2.75, 3.05) is 7.11 Å². The first-order valence-electron chi connectivity index (χ1n) is 7.37. The van der Waals surface area contributed by atoms with Gasteiger partial charge >= 0.3 is 0 Å². The first-order chi connectivity index (χ1) is 10.3. The largest absolute Gasteiger partial charge is 0.496 e. The molecule has 0 spiro atoms. The molecule has 0 aromatic heterocycles. The number of ether oxygens (including phenoxy) is 1. The van der Waals surface area contributed by atoms with Gasteiger partial charge in [0.05, 0.1) is 7.11 Å². The number of hydrogen-bond acceptors (Lipinski definition) is 2. The van der Waals surface area contributed by atoms with Crippen LogP contribution < -0.4 is 10.1 Å². The van der Waals surface area contributed by atoms with Crippen LogP contribution in [0.1, 0.15) is 29.9 Å². The molecule has 0 unspecified atom stereocenters. The third kappa shape index (κ3) is 3.47. The van der Waals surface area contributed by atoms with Crippen LogP contribution >= 0.6 is 15.9 Å². The molecule has 0 atom stereocenters. The lowest BCUT2D eigenvalue weighted by atomic mass is 9.75. The molecule has 2 aromatic rings. The van der Waals surface area contributed by atoms with E-state index in [0.29, 0.717) is 12.0 Å². The Morgan fingerprint density at radius 3 is 2.52 bits per heavy atom. The highest BCUT2D eigenvalue weighted by Crippen LogP contribution is 2.40. The summed E-state index contributed by atoms with van der Waals surface area (Å²) in [6.45, 7) is 0.941. The number of para-hydroxylation sites is 1. The van der Waals surface area contributed by atoms with Gasteiger partial charge in [0.1, 0.15) is 5.75 Å². The van der Waals surface area contributed by atoms with Crippen LogP contribution in [0.4, 0.5) is 0 Å². The topological polar surface area (TPSA) is 21.3 Å². The first-order valence-corrected chi connectivity index (χ1v) is 8.16. The number of nitrogens with one attached hydrogen (secondary N) is 1. The highest BCUT2D eigenvalue weighted by molar-refractivity contribution is 9.10. The van der Waals surface area contributed by atoms with E-state index in [2.05, 4.69) is 63.7 Å². The highest BCUT2D eigenvalue weighted by Gasteiger charge is 2.31. The zero-order valence-electron chi connectivity index (χ0n) is 12.2. The number of benzene rings is 2. The van der Waals surface area contributed by atoms with Crippen molar-refractivity contribution in [1.82, 2.24) is 5.32 Å². The summed E-state index contributed by atoms with van der Waals surface area (Å²) in [6, 6.07) is 17.5. The third-order valence-electron chi connectivity index (χ3n) is 4.22. The Kier molecular flexibility index (Phi) is 4.61. The van der Waals surface area contributed by atoms with E-state index in [4.69, 9.17) is 4.74 Å². The van der Waals surface area contributed by atoms with Crippen molar-refractivity contribution in [3.63, 3.8) is 0 Å². The highest BCUT2D eigenvalue weighted by atomic mass is 79.9. The van der Waals surface area contributed by atoms with E-state index in [1.165, 1.54) is 24.0 Å². The Morgan fingerprint density at radius 2 is 1.81 bits per heavy atom. The van der Waals surface area contributed by atoms with Crippen LogP contribution in [0.15, 0.2) is 53.0 Å². The second kappa shape index (κ2) is 6.63. The SMILES string of the molecule is COc1ccccc1C1CC(NCc2ccc(Br)cc2)C1. The summed E-state index contributed by atoms with van der Waals surface area (Å²) in [5.41, 5.74) is 2.68. The second-order valence-electron chi connectivity index (χ2n) is 5.61. The molecule has 0 bridgehead atoms. The van der Waals surface area contributed by atoms with Crippen LogP contribution in [-0.4, -0.2) is 13.2 Å². The molecule has 1 aliphatic rings. The van der Waals surface area contributed by atoms with Crippen LogP contribution in [0.5, 0.6) is 5.75 Å². The number of hydrogen-bond donors (Lipinski definition) is 1. The fourth-order valence-electron chi connectivity index (χ4n) is 2.91. The van der Waals surface area contributed by atoms with E-state index in [0.717, 1.165) is 16.8 Å². The molecular formula is C18H20BrNO. The molecule has 0 heterocycles. The Balaban J connectivity index is 1.50. The van der Waals surface area contributed by atoms with Crippen molar-refractivity contribution in [3.05, 3.63) is 64.1 Å². The molecule has 0 radical (unpaired) electrons. The van der Waals surface area contributed by atoms with Crippen molar-refractivity contribution in [2.24, 2.45) is 0 Å². The lowest BCUT2D eigenvalue weighted by Crippen LogP contribution is -2.39. The molecule has 3 heteroatoms. The van der Waals surface area contributed by atoms with Crippen LogP contribution in [0.2, 0.25) is 0 Å². The van der Waals surface area contributed by atoms with Crippen LogP contribution in [0.3, 0.4) is 0 Å². The van der Waals surface area contributed by atoms with Gasteiger partial charge in [-0.05, 0) is 48.1 Å². The van der Waals surface area contributed by atoms with Crippen LogP contribution in [0.25, 0.3) is 0 Å². The monoisotopic (exact) mass is 345 g/mol. The summed E-state index contributed by atoms with van der Waals surface area (Å²) in [5, 5.41) is 3.64. The summed E-state index contributed by atoms with van der Waals surface area (Å²) >= 11 is 3.47. The van der Waals surface area contributed by atoms with Gasteiger partial charge in [0.2, 0.25) is 0 Å². The van der Waals surface area contributed by atoms with Crippen molar-refractivity contribution in [3.8, 4) is 5.75 Å². The normalized spacial score (nSPS) is 20.9. The van der Waals surface area contributed by atoms with Crippen molar-refractivity contribution in [2.45, 2.75) is 31.3 Å². The van der Waals surface area contributed by atoms with Gasteiger partial charge in [-0.2, -0.15) is 0 Å². The Labute approximate surface area is 134 Å². The molecule has 110 valence electrons. The molecule has 21 heavy (non-hydrogen) atoms. The van der Waals surface area contributed by atoms with E-state index in [1.807, 2.05) is 6.07 Å². The molecule has 3 rings (SSSR count). The van der Waals surface area contributed by atoms with Gasteiger partial charge in [-0.25, -0.2) is 0 Å². The van der Waals surface area contributed by atoms with Crippen molar-refractivity contribution < 1.29 is 4.74 Å². The summed E-state index contributed by atoms with van der Waals surface area (Å²) in [6.07, 6.45) is 2.38.